The summed E-state index contributed by atoms with van der Waals surface area (Å²) in [5.41, 5.74) is 0. The highest BCUT2D eigenvalue weighted by Crippen LogP contribution is 2.22. The fourth-order valence-corrected chi connectivity index (χ4v) is 2.91. The molecule has 1 saturated heterocycles. The van der Waals surface area contributed by atoms with Gasteiger partial charge in [0.25, 0.3) is 10.0 Å². The Labute approximate surface area is 97.8 Å². The second kappa shape index (κ2) is 4.67. The minimum absolute atomic E-state index is 0.180. The first-order valence-corrected chi connectivity index (χ1v) is 6.56. The largest absolute Gasteiger partial charge is 0.284 e. The van der Waals surface area contributed by atoms with Crippen LogP contribution in [-0.2, 0) is 14.9 Å². The summed E-state index contributed by atoms with van der Waals surface area (Å²) in [5.74, 6) is -1.93. The van der Waals surface area contributed by atoms with Crippen LogP contribution in [0.3, 0.4) is 0 Å². The molecule has 0 aromatic heterocycles. The fourth-order valence-electron chi connectivity index (χ4n) is 1.56. The van der Waals surface area contributed by atoms with Gasteiger partial charge in [-0.3, -0.25) is 4.84 Å². The molecule has 1 aliphatic heterocycles. The Kier molecular flexibility index (Phi) is 3.41. The van der Waals surface area contributed by atoms with Gasteiger partial charge in [-0.15, -0.1) is 0 Å². The van der Waals surface area contributed by atoms with Crippen LogP contribution in [0.5, 0.6) is 0 Å². The zero-order valence-corrected chi connectivity index (χ0v) is 9.71. The Morgan fingerprint density at radius 1 is 1.24 bits per heavy atom. The molecule has 0 spiro atoms. The van der Waals surface area contributed by atoms with Crippen LogP contribution in [0.25, 0.3) is 0 Å². The van der Waals surface area contributed by atoms with Gasteiger partial charge in [0, 0.05) is 12.6 Å². The Morgan fingerprint density at radius 2 is 2.00 bits per heavy atom. The van der Waals surface area contributed by atoms with E-state index in [1.807, 2.05) is 0 Å². The van der Waals surface area contributed by atoms with Crippen molar-refractivity contribution in [3.05, 3.63) is 29.8 Å². The molecule has 17 heavy (non-hydrogen) atoms. The molecule has 0 saturated carbocycles. The average molecular weight is 263 g/mol. The number of halogens is 2. The van der Waals surface area contributed by atoms with Crippen molar-refractivity contribution in [3.8, 4) is 0 Å². The molecule has 94 valence electrons. The van der Waals surface area contributed by atoms with Crippen LogP contribution < -0.4 is 0 Å². The molecule has 1 aromatic rings. The Bertz CT molecular complexity index is 512. The molecule has 1 fully saturated rings. The summed E-state index contributed by atoms with van der Waals surface area (Å²) >= 11 is 0. The molecular weight excluding hydrogens is 252 g/mol. The standard InChI is InChI=1S/C10H11F2NO3S/c11-8-3-4-10(9(12)7-8)17(14,15)13-5-1-2-6-16-13/h3-4,7H,1-2,5-6H2. The molecule has 0 radical (unpaired) electrons. The minimum atomic E-state index is -4.04. The number of hydrogen-bond donors (Lipinski definition) is 0. The summed E-state index contributed by atoms with van der Waals surface area (Å²) in [5, 5.41) is 0. The molecule has 0 N–H and O–H groups in total. The van der Waals surface area contributed by atoms with Gasteiger partial charge in [0.05, 0.1) is 6.61 Å². The third-order valence-corrected chi connectivity index (χ3v) is 4.12. The number of hydrogen-bond acceptors (Lipinski definition) is 3. The van der Waals surface area contributed by atoms with Crippen molar-refractivity contribution in [2.24, 2.45) is 0 Å². The van der Waals surface area contributed by atoms with Crippen molar-refractivity contribution in [2.45, 2.75) is 17.7 Å². The monoisotopic (exact) mass is 263 g/mol. The Balaban J connectivity index is 2.37. The SMILES string of the molecule is O=S(=O)(c1ccc(F)cc1F)N1CCCCO1. The molecule has 1 heterocycles. The van der Waals surface area contributed by atoms with Crippen molar-refractivity contribution >= 4 is 10.0 Å². The van der Waals surface area contributed by atoms with Gasteiger partial charge in [0.15, 0.2) is 0 Å². The first-order chi connectivity index (χ1) is 8.01. The Hall–Kier alpha value is -1.05. The van der Waals surface area contributed by atoms with Crippen LogP contribution in [0, 0.1) is 11.6 Å². The molecule has 4 nitrogen and oxygen atoms in total. The Morgan fingerprint density at radius 3 is 2.59 bits per heavy atom. The topological polar surface area (TPSA) is 46.6 Å². The molecule has 1 aromatic carbocycles. The van der Waals surface area contributed by atoms with E-state index < -0.39 is 26.6 Å². The van der Waals surface area contributed by atoms with Gasteiger partial charge < -0.3 is 0 Å². The lowest BCUT2D eigenvalue weighted by Gasteiger charge is -2.25. The van der Waals surface area contributed by atoms with Crippen LogP contribution >= 0.6 is 0 Å². The van der Waals surface area contributed by atoms with Gasteiger partial charge in [-0.1, -0.05) is 4.47 Å². The van der Waals surface area contributed by atoms with E-state index in [2.05, 4.69) is 0 Å². The fraction of sp³-hybridized carbons (Fsp3) is 0.400. The van der Waals surface area contributed by atoms with Crippen molar-refractivity contribution < 1.29 is 22.0 Å². The first-order valence-electron chi connectivity index (χ1n) is 5.12. The van der Waals surface area contributed by atoms with Crippen LogP contribution in [-0.4, -0.2) is 26.0 Å². The quantitative estimate of drug-likeness (QED) is 0.815. The number of benzene rings is 1. The van der Waals surface area contributed by atoms with Crippen LogP contribution in [0.1, 0.15) is 12.8 Å². The van der Waals surface area contributed by atoms with Crippen molar-refractivity contribution in [1.29, 1.82) is 0 Å². The lowest BCUT2D eigenvalue weighted by molar-refractivity contribution is -0.109. The van der Waals surface area contributed by atoms with E-state index in [9.17, 15) is 17.2 Å². The lowest BCUT2D eigenvalue weighted by atomic mass is 10.3. The summed E-state index contributed by atoms with van der Waals surface area (Å²) in [6.07, 6.45) is 1.42. The van der Waals surface area contributed by atoms with E-state index in [1.54, 1.807) is 0 Å². The summed E-state index contributed by atoms with van der Waals surface area (Å²) < 4.78 is 50.8. The molecule has 0 amide bonds. The van der Waals surface area contributed by atoms with E-state index >= 15 is 0 Å². The van der Waals surface area contributed by atoms with Crippen molar-refractivity contribution in [3.63, 3.8) is 0 Å². The maximum atomic E-state index is 13.4. The summed E-state index contributed by atoms with van der Waals surface area (Å²) in [7, 11) is -4.04. The van der Waals surface area contributed by atoms with Gasteiger partial charge in [-0.25, -0.2) is 17.2 Å². The van der Waals surface area contributed by atoms with Gasteiger partial charge in [0.1, 0.15) is 16.5 Å². The van der Waals surface area contributed by atoms with E-state index in [0.29, 0.717) is 12.5 Å². The maximum absolute atomic E-state index is 13.4. The molecule has 1 aliphatic rings. The lowest BCUT2D eigenvalue weighted by Crippen LogP contribution is -2.36. The second-order valence-corrected chi connectivity index (χ2v) is 5.44. The number of hydroxylamine groups is 1. The molecule has 7 heteroatoms. The van der Waals surface area contributed by atoms with Gasteiger partial charge in [-0.05, 0) is 25.0 Å². The highest BCUT2D eigenvalue weighted by Gasteiger charge is 2.30. The van der Waals surface area contributed by atoms with E-state index in [4.69, 9.17) is 4.84 Å². The van der Waals surface area contributed by atoms with E-state index in [0.717, 1.165) is 23.0 Å². The van der Waals surface area contributed by atoms with E-state index in [-0.39, 0.29) is 13.2 Å². The highest BCUT2D eigenvalue weighted by atomic mass is 32.2. The van der Waals surface area contributed by atoms with Gasteiger partial charge >= 0.3 is 0 Å². The molecule has 2 rings (SSSR count). The predicted octanol–water partition coefficient (Wildman–Crippen LogP) is 1.68. The molecular formula is C10H11F2NO3S. The predicted molar refractivity (Wildman–Crippen MR) is 55.4 cm³/mol. The number of nitrogens with zero attached hydrogens (tertiary/aromatic N) is 1. The summed E-state index contributed by atoms with van der Waals surface area (Å²) in [4.78, 5) is 4.40. The molecule has 0 bridgehead atoms. The third kappa shape index (κ3) is 2.46. The first kappa shape index (κ1) is 12.4. The van der Waals surface area contributed by atoms with Crippen LogP contribution in [0.4, 0.5) is 8.78 Å². The highest BCUT2D eigenvalue weighted by molar-refractivity contribution is 7.89. The number of rotatable bonds is 2. The zero-order valence-electron chi connectivity index (χ0n) is 8.90. The molecule has 0 aliphatic carbocycles. The zero-order chi connectivity index (χ0) is 12.5. The van der Waals surface area contributed by atoms with E-state index in [1.165, 1.54) is 0 Å². The van der Waals surface area contributed by atoms with Crippen LogP contribution in [0.2, 0.25) is 0 Å². The minimum Gasteiger partial charge on any atom is -0.284 e. The van der Waals surface area contributed by atoms with Gasteiger partial charge in [-0.2, -0.15) is 0 Å². The summed E-state index contributed by atoms with van der Waals surface area (Å²) in [6.45, 7) is 0.460. The molecule has 0 unspecified atom stereocenters. The maximum Gasteiger partial charge on any atom is 0.267 e. The van der Waals surface area contributed by atoms with Crippen molar-refractivity contribution in [2.75, 3.05) is 13.2 Å². The summed E-state index contributed by atoms with van der Waals surface area (Å²) in [6, 6.07) is 2.34. The van der Waals surface area contributed by atoms with Crippen LogP contribution in [0.15, 0.2) is 23.1 Å². The second-order valence-electron chi connectivity index (χ2n) is 3.65. The molecule has 0 atom stereocenters. The average Bonchev–Trinajstić information content (AvgIpc) is 2.29. The van der Waals surface area contributed by atoms with Gasteiger partial charge in [0.2, 0.25) is 0 Å². The number of sulfonamides is 1. The normalized spacial score (nSPS) is 18.2. The van der Waals surface area contributed by atoms with Crippen molar-refractivity contribution in [1.82, 2.24) is 4.47 Å². The smallest absolute Gasteiger partial charge is 0.267 e. The third-order valence-electron chi connectivity index (χ3n) is 2.41.